The van der Waals surface area contributed by atoms with Crippen LogP contribution in [-0.2, 0) is 0 Å². The number of hydrogen-bond acceptors (Lipinski definition) is 5. The normalized spacial score (nSPS) is 14.7. The van der Waals surface area contributed by atoms with Crippen LogP contribution >= 0.6 is 0 Å². The molecule has 0 unspecified atom stereocenters. The van der Waals surface area contributed by atoms with Crippen LogP contribution < -0.4 is 10.9 Å². The summed E-state index contributed by atoms with van der Waals surface area (Å²) in [6.45, 7) is 9.09. The average molecular weight is 459 g/mol. The fourth-order valence-electron chi connectivity index (χ4n) is 4.09. The Morgan fingerprint density at radius 1 is 1.03 bits per heavy atom. The van der Waals surface area contributed by atoms with E-state index in [0.29, 0.717) is 17.1 Å². The van der Waals surface area contributed by atoms with Gasteiger partial charge >= 0.3 is 0 Å². The Morgan fingerprint density at radius 2 is 1.71 bits per heavy atom. The molecule has 0 saturated carbocycles. The van der Waals surface area contributed by atoms with Crippen LogP contribution in [0.3, 0.4) is 0 Å². The third-order valence-corrected chi connectivity index (χ3v) is 5.76. The van der Waals surface area contributed by atoms with E-state index in [1.54, 1.807) is 41.2 Å². The molecule has 0 amide bonds. The molecule has 1 N–H and O–H groups in total. The van der Waals surface area contributed by atoms with Gasteiger partial charge < -0.3 is 5.32 Å². The first-order valence-electron chi connectivity index (χ1n) is 12.0. The number of benzene rings is 2. The van der Waals surface area contributed by atoms with Crippen molar-refractivity contribution in [1.29, 1.82) is 0 Å². The molecule has 4 rings (SSSR count). The molecule has 1 fully saturated rings. The number of rotatable bonds is 7. The number of anilines is 1. The van der Waals surface area contributed by atoms with E-state index >= 15 is 0 Å². The summed E-state index contributed by atoms with van der Waals surface area (Å²) in [6, 6.07) is 17.5. The molecular formula is C28H34N4O2. The third kappa shape index (κ3) is 6.75. The second kappa shape index (κ2) is 12.7. The summed E-state index contributed by atoms with van der Waals surface area (Å²) in [7, 11) is 0. The summed E-state index contributed by atoms with van der Waals surface area (Å²) in [5.74, 6) is 0.366. The predicted molar refractivity (Wildman–Crippen MR) is 140 cm³/mol. The molecule has 1 aliphatic heterocycles. The lowest BCUT2D eigenvalue weighted by molar-refractivity contribution is 0.112. The lowest BCUT2D eigenvalue weighted by atomic mass is 10.0. The number of aldehydes is 1. The first-order chi connectivity index (χ1) is 16.6. The van der Waals surface area contributed by atoms with Crippen molar-refractivity contribution in [1.82, 2.24) is 14.5 Å². The standard InChI is InChI=1S/C26H28N4O2.C2H6/c1-20(17-21-5-3-2-4-6-21)18-29-14-11-23(12-15-29)28-25-26(32)30(16-13-27-25)24-9-7-22(19-31)8-10-24;1-2/h2-10,13,16-17,19,23H,11-12,14-15,18H2,1H3,(H,27,28);1-2H3/b20-17+;. The van der Waals surface area contributed by atoms with E-state index in [1.165, 1.54) is 11.1 Å². The summed E-state index contributed by atoms with van der Waals surface area (Å²) in [5.41, 5.74) is 3.68. The topological polar surface area (TPSA) is 67.2 Å². The van der Waals surface area contributed by atoms with E-state index in [2.05, 4.69) is 52.5 Å². The lowest BCUT2D eigenvalue weighted by Gasteiger charge is -2.32. The van der Waals surface area contributed by atoms with Crippen LogP contribution in [0.25, 0.3) is 11.8 Å². The summed E-state index contributed by atoms with van der Waals surface area (Å²) in [5, 5.41) is 3.35. The van der Waals surface area contributed by atoms with Gasteiger partial charge in [0.15, 0.2) is 5.82 Å². The molecule has 3 aromatic rings. The predicted octanol–water partition coefficient (Wildman–Crippen LogP) is 5.05. The van der Waals surface area contributed by atoms with Gasteiger partial charge in [0.25, 0.3) is 5.56 Å². The quantitative estimate of drug-likeness (QED) is 0.502. The lowest BCUT2D eigenvalue weighted by Crippen LogP contribution is -2.41. The van der Waals surface area contributed by atoms with Crippen molar-refractivity contribution in [3.63, 3.8) is 0 Å². The van der Waals surface area contributed by atoms with Crippen molar-refractivity contribution >= 4 is 18.2 Å². The molecule has 1 aromatic heterocycles. The van der Waals surface area contributed by atoms with Crippen molar-refractivity contribution in [2.45, 2.75) is 39.7 Å². The van der Waals surface area contributed by atoms with E-state index in [9.17, 15) is 9.59 Å². The van der Waals surface area contributed by atoms with Gasteiger partial charge in [0.1, 0.15) is 6.29 Å². The van der Waals surface area contributed by atoms with Gasteiger partial charge in [0.2, 0.25) is 0 Å². The van der Waals surface area contributed by atoms with Gasteiger partial charge in [0.05, 0.1) is 0 Å². The largest absolute Gasteiger partial charge is 0.363 e. The Morgan fingerprint density at radius 3 is 2.35 bits per heavy atom. The molecule has 0 radical (unpaired) electrons. The monoisotopic (exact) mass is 458 g/mol. The summed E-state index contributed by atoms with van der Waals surface area (Å²) in [4.78, 5) is 30.5. The highest BCUT2D eigenvalue weighted by Crippen LogP contribution is 2.16. The van der Waals surface area contributed by atoms with Gasteiger partial charge in [-0.05, 0) is 49.6 Å². The van der Waals surface area contributed by atoms with Gasteiger partial charge in [-0.25, -0.2) is 4.98 Å². The van der Waals surface area contributed by atoms with Crippen LogP contribution in [0.1, 0.15) is 49.5 Å². The minimum atomic E-state index is -0.185. The number of hydrogen-bond donors (Lipinski definition) is 1. The Hall–Kier alpha value is -3.51. The molecule has 178 valence electrons. The van der Waals surface area contributed by atoms with Crippen molar-refractivity contribution in [3.05, 3.63) is 94.0 Å². The van der Waals surface area contributed by atoms with Crippen LogP contribution in [0.15, 0.2) is 77.4 Å². The first kappa shape index (κ1) is 25.1. The zero-order valence-electron chi connectivity index (χ0n) is 20.3. The zero-order valence-corrected chi connectivity index (χ0v) is 20.3. The van der Waals surface area contributed by atoms with Gasteiger partial charge in [-0.1, -0.05) is 55.8 Å². The Balaban J connectivity index is 0.00000158. The average Bonchev–Trinajstić information content (AvgIpc) is 2.88. The Kier molecular flexibility index (Phi) is 9.35. The number of aromatic nitrogens is 2. The zero-order chi connectivity index (χ0) is 24.3. The van der Waals surface area contributed by atoms with Crippen LogP contribution in [0.2, 0.25) is 0 Å². The van der Waals surface area contributed by atoms with Crippen LogP contribution in [0.4, 0.5) is 5.82 Å². The molecule has 1 saturated heterocycles. The molecule has 2 aromatic carbocycles. The summed E-state index contributed by atoms with van der Waals surface area (Å²) in [6.07, 6.45) is 8.23. The van der Waals surface area contributed by atoms with Gasteiger partial charge in [-0.3, -0.25) is 19.1 Å². The van der Waals surface area contributed by atoms with E-state index in [-0.39, 0.29) is 11.6 Å². The Labute approximate surface area is 202 Å². The summed E-state index contributed by atoms with van der Waals surface area (Å²) >= 11 is 0. The number of carbonyl (C=O) groups is 1. The SMILES string of the molecule is C/C(=C\c1ccccc1)CN1CCC(Nc2nccn(-c3ccc(C=O)cc3)c2=O)CC1.CC. The maximum absolute atomic E-state index is 12.9. The maximum Gasteiger partial charge on any atom is 0.297 e. The number of nitrogens with one attached hydrogen (secondary N) is 1. The minimum absolute atomic E-state index is 0.185. The Bertz CT molecular complexity index is 1130. The number of carbonyl (C=O) groups excluding carboxylic acids is 1. The highest BCUT2D eigenvalue weighted by Gasteiger charge is 2.20. The van der Waals surface area contributed by atoms with Gasteiger partial charge in [-0.15, -0.1) is 0 Å². The second-order valence-corrected chi connectivity index (χ2v) is 8.26. The van der Waals surface area contributed by atoms with Crippen LogP contribution in [0.5, 0.6) is 0 Å². The van der Waals surface area contributed by atoms with Crippen molar-refractivity contribution in [3.8, 4) is 5.69 Å². The van der Waals surface area contributed by atoms with Crippen molar-refractivity contribution < 1.29 is 4.79 Å². The van der Waals surface area contributed by atoms with E-state index < -0.39 is 0 Å². The number of piperidine rings is 1. The second-order valence-electron chi connectivity index (χ2n) is 8.26. The highest BCUT2D eigenvalue weighted by molar-refractivity contribution is 5.75. The molecule has 0 spiro atoms. The van der Waals surface area contributed by atoms with Gasteiger partial charge in [-0.2, -0.15) is 0 Å². The summed E-state index contributed by atoms with van der Waals surface area (Å²) < 4.78 is 1.55. The van der Waals surface area contributed by atoms with Crippen LogP contribution in [-0.4, -0.2) is 46.4 Å². The third-order valence-electron chi connectivity index (χ3n) is 5.76. The molecule has 0 bridgehead atoms. The number of likely N-dealkylation sites (tertiary alicyclic amines) is 1. The van der Waals surface area contributed by atoms with Gasteiger partial charge in [0, 0.05) is 49.3 Å². The van der Waals surface area contributed by atoms with Crippen LogP contribution in [0, 0.1) is 0 Å². The minimum Gasteiger partial charge on any atom is -0.363 e. The van der Waals surface area contributed by atoms with Crippen molar-refractivity contribution in [2.24, 2.45) is 0 Å². The molecule has 1 aliphatic rings. The molecule has 2 heterocycles. The van der Waals surface area contributed by atoms with Crippen molar-refractivity contribution in [2.75, 3.05) is 25.0 Å². The maximum atomic E-state index is 12.9. The molecule has 34 heavy (non-hydrogen) atoms. The fraction of sp³-hybridized carbons (Fsp3) is 0.321. The van der Waals surface area contributed by atoms with E-state index in [1.807, 2.05) is 19.9 Å². The first-order valence-corrected chi connectivity index (χ1v) is 12.0. The molecule has 6 heteroatoms. The highest BCUT2D eigenvalue weighted by atomic mass is 16.1. The molecule has 0 atom stereocenters. The number of nitrogens with zero attached hydrogens (tertiary/aromatic N) is 3. The molecule has 0 aliphatic carbocycles. The fourth-order valence-corrected chi connectivity index (χ4v) is 4.09. The molecule has 6 nitrogen and oxygen atoms in total. The van der Waals surface area contributed by atoms with E-state index in [4.69, 9.17) is 0 Å². The molecular weight excluding hydrogens is 424 g/mol. The van der Waals surface area contributed by atoms with E-state index in [0.717, 1.165) is 38.8 Å². The smallest absolute Gasteiger partial charge is 0.297 e.